The summed E-state index contributed by atoms with van der Waals surface area (Å²) >= 11 is 5.66. The van der Waals surface area contributed by atoms with Crippen molar-refractivity contribution in [3.05, 3.63) is 32.1 Å². The molecule has 3 aliphatic heterocycles. The molecule has 5 nitrogen and oxygen atoms in total. The maximum absolute atomic E-state index is 11.9. The number of fused-ring (bicyclic) bond motifs is 3. The highest BCUT2D eigenvalue weighted by atomic mass is 35.5. The van der Waals surface area contributed by atoms with Crippen molar-refractivity contribution in [3.63, 3.8) is 0 Å². The molecule has 92 valence electrons. The minimum atomic E-state index is -0.388. The molecule has 4 rings (SSSR count). The van der Waals surface area contributed by atoms with Gasteiger partial charge in [0.2, 0.25) is 0 Å². The second kappa shape index (κ2) is 3.99. The molecule has 6 heteroatoms. The van der Waals surface area contributed by atoms with Crippen molar-refractivity contribution in [1.29, 1.82) is 0 Å². The number of piperidine rings is 3. The third kappa shape index (κ3) is 1.83. The molecule has 0 radical (unpaired) electrons. The quantitative estimate of drug-likeness (QED) is 0.742. The van der Waals surface area contributed by atoms with Crippen LogP contribution in [0.2, 0.25) is 5.15 Å². The van der Waals surface area contributed by atoms with Crippen LogP contribution in [0, 0.1) is 5.92 Å². The molecule has 3 fully saturated rings. The summed E-state index contributed by atoms with van der Waals surface area (Å²) in [5.74, 6) is 0.444. The van der Waals surface area contributed by atoms with Gasteiger partial charge in [0.1, 0.15) is 5.15 Å². The van der Waals surface area contributed by atoms with Gasteiger partial charge in [-0.15, -0.1) is 0 Å². The summed E-state index contributed by atoms with van der Waals surface area (Å²) in [6.07, 6.45) is 2.14. The number of aromatic amines is 1. The van der Waals surface area contributed by atoms with E-state index in [-0.39, 0.29) is 22.4 Å². The van der Waals surface area contributed by atoms with Crippen LogP contribution < -0.4 is 11.2 Å². The van der Waals surface area contributed by atoms with Crippen LogP contribution in [0.3, 0.4) is 0 Å². The summed E-state index contributed by atoms with van der Waals surface area (Å²) in [5.41, 5.74) is -0.682. The Bertz CT molecular complexity index is 511. The van der Waals surface area contributed by atoms with Gasteiger partial charge in [-0.1, -0.05) is 11.6 Å². The molecule has 1 aromatic rings. The SMILES string of the molecule is O=c1cc(Cl)[nH]c(=O)n1C1CN2CCC1CC2. The molecule has 0 spiro atoms. The van der Waals surface area contributed by atoms with E-state index in [1.54, 1.807) is 0 Å². The van der Waals surface area contributed by atoms with Gasteiger partial charge in [0.15, 0.2) is 0 Å². The molecule has 3 saturated heterocycles. The van der Waals surface area contributed by atoms with Gasteiger partial charge in [0.05, 0.1) is 6.04 Å². The highest BCUT2D eigenvalue weighted by molar-refractivity contribution is 6.29. The van der Waals surface area contributed by atoms with Crippen LogP contribution >= 0.6 is 11.6 Å². The molecule has 1 aromatic heterocycles. The molecule has 17 heavy (non-hydrogen) atoms. The van der Waals surface area contributed by atoms with Gasteiger partial charge in [-0.05, 0) is 31.8 Å². The molecule has 0 amide bonds. The van der Waals surface area contributed by atoms with Crippen molar-refractivity contribution in [3.8, 4) is 0 Å². The van der Waals surface area contributed by atoms with Gasteiger partial charge in [-0.2, -0.15) is 0 Å². The van der Waals surface area contributed by atoms with Crippen LogP contribution in [0.25, 0.3) is 0 Å². The lowest BCUT2D eigenvalue weighted by molar-refractivity contribution is 0.0533. The summed E-state index contributed by atoms with van der Waals surface area (Å²) in [7, 11) is 0. The van der Waals surface area contributed by atoms with Gasteiger partial charge in [0, 0.05) is 12.6 Å². The Labute approximate surface area is 103 Å². The summed E-state index contributed by atoms with van der Waals surface area (Å²) in [5, 5.41) is 0.109. The lowest BCUT2D eigenvalue weighted by atomic mass is 9.84. The lowest BCUT2D eigenvalue weighted by Crippen LogP contribution is -2.53. The first kappa shape index (κ1) is 11.0. The molecule has 1 unspecified atom stereocenters. The Hall–Kier alpha value is -1.07. The second-order valence-corrected chi connectivity index (χ2v) is 5.24. The van der Waals surface area contributed by atoms with Crippen molar-refractivity contribution in [1.82, 2.24) is 14.5 Å². The zero-order valence-corrected chi connectivity index (χ0v) is 10.1. The minimum Gasteiger partial charge on any atom is -0.301 e. The largest absolute Gasteiger partial charge is 0.329 e. The number of nitrogens with zero attached hydrogens (tertiary/aromatic N) is 2. The van der Waals surface area contributed by atoms with Crippen LogP contribution in [-0.4, -0.2) is 34.1 Å². The van der Waals surface area contributed by atoms with E-state index in [2.05, 4.69) is 9.88 Å². The van der Waals surface area contributed by atoms with Crippen molar-refractivity contribution >= 4 is 11.6 Å². The number of rotatable bonds is 1. The zero-order chi connectivity index (χ0) is 12.0. The fraction of sp³-hybridized carbons (Fsp3) is 0.636. The van der Waals surface area contributed by atoms with Crippen molar-refractivity contribution in [2.24, 2.45) is 5.92 Å². The fourth-order valence-corrected chi connectivity index (χ4v) is 3.19. The number of halogens is 1. The van der Waals surface area contributed by atoms with Gasteiger partial charge in [-0.25, -0.2) is 4.79 Å². The Morgan fingerprint density at radius 2 is 2.00 bits per heavy atom. The maximum Gasteiger partial charge on any atom is 0.329 e. The van der Waals surface area contributed by atoms with E-state index < -0.39 is 0 Å². The van der Waals surface area contributed by atoms with E-state index >= 15 is 0 Å². The summed E-state index contributed by atoms with van der Waals surface area (Å²) in [6.45, 7) is 2.97. The predicted molar refractivity (Wildman–Crippen MR) is 64.5 cm³/mol. The molecule has 4 heterocycles. The van der Waals surface area contributed by atoms with Crippen LogP contribution in [0.4, 0.5) is 0 Å². The Morgan fingerprint density at radius 3 is 2.53 bits per heavy atom. The van der Waals surface area contributed by atoms with E-state index in [0.717, 1.165) is 32.5 Å². The molecule has 0 saturated carbocycles. The van der Waals surface area contributed by atoms with Crippen LogP contribution in [0.5, 0.6) is 0 Å². The van der Waals surface area contributed by atoms with Gasteiger partial charge < -0.3 is 4.90 Å². The normalized spacial score (nSPS) is 31.7. The van der Waals surface area contributed by atoms with Gasteiger partial charge in [0.25, 0.3) is 5.56 Å². The topological polar surface area (TPSA) is 58.1 Å². The van der Waals surface area contributed by atoms with E-state index in [1.165, 1.54) is 10.6 Å². The number of aromatic nitrogens is 2. The van der Waals surface area contributed by atoms with Crippen LogP contribution in [0.15, 0.2) is 15.7 Å². The monoisotopic (exact) mass is 255 g/mol. The lowest BCUT2D eigenvalue weighted by Gasteiger charge is -2.44. The molecule has 1 atom stereocenters. The predicted octanol–water partition coefficient (Wildman–Crippen LogP) is 0.457. The molecule has 0 aliphatic carbocycles. The smallest absolute Gasteiger partial charge is 0.301 e. The Kier molecular flexibility index (Phi) is 2.60. The number of hydrogen-bond donors (Lipinski definition) is 1. The summed E-state index contributed by atoms with van der Waals surface area (Å²) in [4.78, 5) is 28.5. The molecule has 2 bridgehead atoms. The highest BCUT2D eigenvalue weighted by Crippen LogP contribution is 2.33. The van der Waals surface area contributed by atoms with Crippen molar-refractivity contribution in [2.75, 3.05) is 19.6 Å². The first-order valence-corrected chi connectivity index (χ1v) is 6.26. The molecular formula is C11H14ClN3O2. The third-order valence-electron chi connectivity index (χ3n) is 3.89. The summed E-state index contributed by atoms with van der Waals surface area (Å²) < 4.78 is 1.34. The number of hydrogen-bond acceptors (Lipinski definition) is 3. The van der Waals surface area contributed by atoms with Crippen LogP contribution in [0.1, 0.15) is 18.9 Å². The van der Waals surface area contributed by atoms with E-state index in [1.807, 2.05) is 0 Å². The average molecular weight is 256 g/mol. The average Bonchev–Trinajstić information content (AvgIpc) is 2.29. The number of nitrogens with one attached hydrogen (secondary N) is 1. The van der Waals surface area contributed by atoms with E-state index in [4.69, 9.17) is 11.6 Å². The fourth-order valence-electron chi connectivity index (χ4n) is 3.02. The van der Waals surface area contributed by atoms with E-state index in [9.17, 15) is 9.59 Å². The molecule has 3 aliphatic rings. The van der Waals surface area contributed by atoms with Gasteiger partial charge >= 0.3 is 5.69 Å². The van der Waals surface area contributed by atoms with Crippen LogP contribution in [-0.2, 0) is 0 Å². The zero-order valence-electron chi connectivity index (χ0n) is 9.36. The third-order valence-corrected chi connectivity index (χ3v) is 4.09. The molecule has 1 N–H and O–H groups in total. The minimum absolute atomic E-state index is 0.00557. The van der Waals surface area contributed by atoms with Crippen molar-refractivity contribution < 1.29 is 0 Å². The summed E-state index contributed by atoms with van der Waals surface area (Å²) in [6, 6.07) is 1.28. The van der Waals surface area contributed by atoms with Gasteiger partial charge in [-0.3, -0.25) is 14.3 Å². The standard InChI is InChI=1S/C11H14ClN3O2/c12-9-5-10(16)15(11(17)13-9)8-6-14-3-1-7(8)2-4-14/h5,7-8H,1-4,6H2,(H,13,17). The first-order chi connectivity index (χ1) is 8.15. The van der Waals surface area contributed by atoms with E-state index in [0.29, 0.717) is 5.92 Å². The highest BCUT2D eigenvalue weighted by Gasteiger charge is 2.36. The Balaban J connectivity index is 2.05. The number of H-pyrrole nitrogens is 1. The Morgan fingerprint density at radius 1 is 1.29 bits per heavy atom. The van der Waals surface area contributed by atoms with Crippen molar-refractivity contribution in [2.45, 2.75) is 18.9 Å². The molecule has 0 aromatic carbocycles. The second-order valence-electron chi connectivity index (χ2n) is 4.84. The maximum atomic E-state index is 11.9. The first-order valence-electron chi connectivity index (χ1n) is 5.89. The molecular weight excluding hydrogens is 242 g/mol.